The molecule has 1 aromatic carbocycles. The van der Waals surface area contributed by atoms with Gasteiger partial charge in [0, 0.05) is 30.2 Å². The first kappa shape index (κ1) is 19.0. The van der Waals surface area contributed by atoms with Crippen LogP contribution in [0.3, 0.4) is 0 Å². The van der Waals surface area contributed by atoms with Crippen molar-refractivity contribution >= 4 is 34.9 Å². The summed E-state index contributed by atoms with van der Waals surface area (Å²) in [5.74, 6) is -1.44. The molecular weight excluding hydrogens is 364 g/mol. The van der Waals surface area contributed by atoms with Crippen molar-refractivity contribution < 1.29 is 19.1 Å². The van der Waals surface area contributed by atoms with E-state index in [1.807, 2.05) is 0 Å². The lowest BCUT2D eigenvalue weighted by molar-refractivity contribution is -0.123. The summed E-state index contributed by atoms with van der Waals surface area (Å²) in [5.41, 5.74) is 1.85. The van der Waals surface area contributed by atoms with E-state index in [2.05, 4.69) is 25.7 Å². The molecule has 144 valence electrons. The number of carbonyl (C=O) groups is 3. The molecule has 3 aromatic rings. The van der Waals surface area contributed by atoms with E-state index in [9.17, 15) is 14.4 Å². The number of esters is 1. The highest BCUT2D eigenvalue weighted by atomic mass is 16.5. The molecule has 10 heteroatoms. The standard InChI is InChI=1S/C18H18N6O4/c1-10-8-9-19-18-22-15(23-24(10)18)17(27)28-11(2)16(26)21-14-6-4-13(5-7-14)20-12(3)25/h4-9,11H,1-3H3,(H,20,25)(H,21,26). The van der Waals surface area contributed by atoms with Crippen LogP contribution in [0.15, 0.2) is 36.5 Å². The van der Waals surface area contributed by atoms with Gasteiger partial charge in [-0.2, -0.15) is 4.98 Å². The molecule has 0 aliphatic carbocycles. The minimum atomic E-state index is -1.07. The normalized spacial score (nSPS) is 11.7. The summed E-state index contributed by atoms with van der Waals surface area (Å²) >= 11 is 0. The van der Waals surface area contributed by atoms with E-state index in [0.29, 0.717) is 11.4 Å². The number of aryl methyl sites for hydroxylation is 1. The van der Waals surface area contributed by atoms with Crippen LogP contribution in [0.2, 0.25) is 0 Å². The number of rotatable bonds is 5. The van der Waals surface area contributed by atoms with Crippen LogP contribution >= 0.6 is 0 Å². The lowest BCUT2D eigenvalue weighted by Crippen LogP contribution is -2.30. The van der Waals surface area contributed by atoms with Gasteiger partial charge in [0.25, 0.3) is 17.5 Å². The van der Waals surface area contributed by atoms with E-state index in [0.717, 1.165) is 5.69 Å². The van der Waals surface area contributed by atoms with Gasteiger partial charge in [0.2, 0.25) is 5.91 Å². The lowest BCUT2D eigenvalue weighted by Gasteiger charge is -2.12. The first-order valence-electron chi connectivity index (χ1n) is 8.41. The molecule has 1 unspecified atom stereocenters. The summed E-state index contributed by atoms with van der Waals surface area (Å²) < 4.78 is 6.56. The van der Waals surface area contributed by atoms with Gasteiger partial charge < -0.3 is 15.4 Å². The molecule has 2 aromatic heterocycles. The van der Waals surface area contributed by atoms with Crippen molar-refractivity contribution in [3.05, 3.63) is 48.0 Å². The van der Waals surface area contributed by atoms with E-state index >= 15 is 0 Å². The highest BCUT2D eigenvalue weighted by Gasteiger charge is 2.22. The number of hydrogen-bond acceptors (Lipinski definition) is 7. The average Bonchev–Trinajstić information content (AvgIpc) is 3.09. The van der Waals surface area contributed by atoms with Crippen molar-refractivity contribution in [2.45, 2.75) is 26.9 Å². The van der Waals surface area contributed by atoms with Gasteiger partial charge in [-0.3, -0.25) is 9.59 Å². The van der Waals surface area contributed by atoms with Gasteiger partial charge in [-0.1, -0.05) is 0 Å². The minimum Gasteiger partial charge on any atom is -0.447 e. The van der Waals surface area contributed by atoms with Crippen LogP contribution < -0.4 is 10.6 Å². The second-order valence-electron chi connectivity index (χ2n) is 6.03. The number of aromatic nitrogens is 4. The smallest absolute Gasteiger partial charge is 0.379 e. The fourth-order valence-corrected chi connectivity index (χ4v) is 2.34. The molecule has 0 aliphatic rings. The van der Waals surface area contributed by atoms with Crippen molar-refractivity contribution in [2.24, 2.45) is 0 Å². The summed E-state index contributed by atoms with van der Waals surface area (Å²) in [4.78, 5) is 43.5. The molecule has 0 saturated heterocycles. The SMILES string of the molecule is CC(=O)Nc1ccc(NC(=O)C(C)OC(=O)c2nc3nccc(C)n3n2)cc1. The second kappa shape index (κ2) is 7.82. The third-order valence-corrected chi connectivity index (χ3v) is 3.74. The molecule has 3 rings (SSSR count). The Morgan fingerprint density at radius 1 is 1.07 bits per heavy atom. The minimum absolute atomic E-state index is 0.180. The van der Waals surface area contributed by atoms with Gasteiger partial charge in [-0.05, 0) is 44.2 Å². The van der Waals surface area contributed by atoms with Crippen LogP contribution in [0.1, 0.15) is 30.2 Å². The summed E-state index contributed by atoms with van der Waals surface area (Å²) in [7, 11) is 0. The second-order valence-corrected chi connectivity index (χ2v) is 6.03. The van der Waals surface area contributed by atoms with Crippen LogP contribution in [-0.2, 0) is 14.3 Å². The van der Waals surface area contributed by atoms with Crippen LogP contribution in [0.25, 0.3) is 5.78 Å². The molecule has 0 bridgehead atoms. The zero-order chi connectivity index (χ0) is 20.3. The van der Waals surface area contributed by atoms with E-state index in [1.54, 1.807) is 43.5 Å². The molecule has 0 saturated carbocycles. The van der Waals surface area contributed by atoms with E-state index < -0.39 is 18.0 Å². The Hall–Kier alpha value is -3.82. The van der Waals surface area contributed by atoms with E-state index in [4.69, 9.17) is 4.74 Å². The third kappa shape index (κ3) is 4.29. The predicted molar refractivity (Wildman–Crippen MR) is 99.8 cm³/mol. The first-order chi connectivity index (χ1) is 13.3. The van der Waals surface area contributed by atoms with Crippen LogP contribution in [0.4, 0.5) is 11.4 Å². The number of nitrogens with one attached hydrogen (secondary N) is 2. The lowest BCUT2D eigenvalue weighted by atomic mass is 10.2. The van der Waals surface area contributed by atoms with E-state index in [1.165, 1.54) is 18.4 Å². The Bertz CT molecular complexity index is 1040. The zero-order valence-electron chi connectivity index (χ0n) is 15.5. The van der Waals surface area contributed by atoms with Gasteiger partial charge in [0.15, 0.2) is 6.10 Å². The number of anilines is 2. The van der Waals surface area contributed by atoms with Crippen molar-refractivity contribution in [1.82, 2.24) is 19.6 Å². The molecule has 2 heterocycles. The van der Waals surface area contributed by atoms with Crippen LogP contribution in [0, 0.1) is 6.92 Å². The first-order valence-corrected chi connectivity index (χ1v) is 8.41. The Balaban J connectivity index is 1.62. The molecular formula is C18H18N6O4. The Kier molecular flexibility index (Phi) is 5.30. The van der Waals surface area contributed by atoms with Crippen LogP contribution in [-0.4, -0.2) is 43.5 Å². The molecule has 10 nitrogen and oxygen atoms in total. The van der Waals surface area contributed by atoms with E-state index in [-0.39, 0.29) is 17.5 Å². The highest BCUT2D eigenvalue weighted by Crippen LogP contribution is 2.14. The fourth-order valence-electron chi connectivity index (χ4n) is 2.34. The molecule has 0 aliphatic heterocycles. The molecule has 0 fully saturated rings. The zero-order valence-corrected chi connectivity index (χ0v) is 15.5. The molecule has 2 amide bonds. The molecule has 2 N–H and O–H groups in total. The maximum absolute atomic E-state index is 12.3. The summed E-state index contributed by atoms with van der Waals surface area (Å²) in [6.07, 6.45) is 0.491. The summed E-state index contributed by atoms with van der Waals surface area (Å²) in [5, 5.41) is 9.30. The number of benzene rings is 1. The fraction of sp³-hybridized carbons (Fsp3) is 0.222. The monoisotopic (exact) mass is 382 g/mol. The molecule has 28 heavy (non-hydrogen) atoms. The van der Waals surface area contributed by atoms with Gasteiger partial charge in [-0.25, -0.2) is 14.3 Å². The van der Waals surface area contributed by atoms with Gasteiger partial charge in [0.05, 0.1) is 0 Å². The molecule has 0 spiro atoms. The van der Waals surface area contributed by atoms with Gasteiger partial charge in [0.1, 0.15) is 0 Å². The topological polar surface area (TPSA) is 128 Å². The van der Waals surface area contributed by atoms with Crippen molar-refractivity contribution in [3.8, 4) is 0 Å². The number of ether oxygens (including phenoxy) is 1. The summed E-state index contributed by atoms with van der Waals surface area (Å²) in [6.45, 7) is 4.64. The van der Waals surface area contributed by atoms with Crippen molar-refractivity contribution in [3.63, 3.8) is 0 Å². The third-order valence-electron chi connectivity index (χ3n) is 3.74. The number of hydrogen-bond donors (Lipinski definition) is 2. The Morgan fingerprint density at radius 3 is 2.32 bits per heavy atom. The summed E-state index contributed by atoms with van der Waals surface area (Å²) in [6, 6.07) is 8.25. The molecule has 0 radical (unpaired) electrons. The number of nitrogens with zero attached hydrogens (tertiary/aromatic N) is 4. The predicted octanol–water partition coefficient (Wildman–Crippen LogP) is 1.58. The maximum Gasteiger partial charge on any atom is 0.379 e. The van der Waals surface area contributed by atoms with Crippen molar-refractivity contribution in [2.75, 3.05) is 10.6 Å². The molecule has 1 atom stereocenters. The van der Waals surface area contributed by atoms with Crippen molar-refractivity contribution in [1.29, 1.82) is 0 Å². The highest BCUT2D eigenvalue weighted by molar-refractivity contribution is 5.97. The number of carbonyl (C=O) groups excluding carboxylic acids is 3. The Labute approximate surface area is 159 Å². The number of amides is 2. The quantitative estimate of drug-likeness (QED) is 0.641. The number of fused-ring (bicyclic) bond motifs is 1. The Morgan fingerprint density at radius 2 is 1.71 bits per heavy atom. The maximum atomic E-state index is 12.3. The van der Waals surface area contributed by atoms with Gasteiger partial charge in [-0.15, -0.1) is 5.10 Å². The largest absolute Gasteiger partial charge is 0.447 e. The van der Waals surface area contributed by atoms with Crippen LogP contribution in [0.5, 0.6) is 0 Å². The average molecular weight is 382 g/mol. The van der Waals surface area contributed by atoms with Gasteiger partial charge >= 0.3 is 5.97 Å².